The molecule has 1 aliphatic heterocycles. The van der Waals surface area contributed by atoms with Crippen LogP contribution in [0.1, 0.15) is 18.5 Å². The van der Waals surface area contributed by atoms with Crippen molar-refractivity contribution in [3.8, 4) is 22.3 Å². The first-order valence-electron chi connectivity index (χ1n) is 15.7. The molecule has 1 nitrogen and oxygen atoms in total. The molecule has 0 radical (unpaired) electrons. The molecule has 0 bridgehead atoms. The van der Waals surface area contributed by atoms with Gasteiger partial charge in [0.2, 0.25) is 0 Å². The molecule has 9 rings (SSSR count). The topological polar surface area (TPSA) is 12.0 Å². The average Bonchev–Trinajstić information content (AvgIpc) is 3.10. The molecule has 0 saturated heterocycles. The van der Waals surface area contributed by atoms with Crippen LogP contribution in [0, 0.1) is 0 Å². The van der Waals surface area contributed by atoms with E-state index >= 15 is 0 Å². The van der Waals surface area contributed by atoms with Gasteiger partial charge in [-0.3, -0.25) is 0 Å². The number of dihydropyridines is 1. The van der Waals surface area contributed by atoms with Crippen molar-refractivity contribution in [1.29, 1.82) is 0 Å². The molecular formula is C44H31N. The van der Waals surface area contributed by atoms with Gasteiger partial charge < -0.3 is 5.32 Å². The van der Waals surface area contributed by atoms with Crippen LogP contribution in [0.25, 0.3) is 76.1 Å². The van der Waals surface area contributed by atoms with Crippen molar-refractivity contribution in [2.24, 2.45) is 0 Å². The average molecular weight is 574 g/mol. The van der Waals surface area contributed by atoms with Gasteiger partial charge in [-0.2, -0.15) is 0 Å². The van der Waals surface area contributed by atoms with E-state index in [0.717, 1.165) is 0 Å². The van der Waals surface area contributed by atoms with Gasteiger partial charge in [-0.25, -0.2) is 0 Å². The van der Waals surface area contributed by atoms with Crippen molar-refractivity contribution in [3.05, 3.63) is 169 Å². The van der Waals surface area contributed by atoms with Crippen LogP contribution in [0.3, 0.4) is 0 Å². The van der Waals surface area contributed by atoms with E-state index in [-0.39, 0.29) is 6.04 Å². The van der Waals surface area contributed by atoms with Gasteiger partial charge in [0.25, 0.3) is 0 Å². The molecule has 1 unspecified atom stereocenters. The van der Waals surface area contributed by atoms with Crippen molar-refractivity contribution in [2.75, 3.05) is 0 Å². The summed E-state index contributed by atoms with van der Waals surface area (Å²) < 4.78 is 0. The van der Waals surface area contributed by atoms with Crippen LogP contribution in [-0.2, 0) is 0 Å². The number of nitrogens with one attached hydrogen (secondary N) is 1. The van der Waals surface area contributed by atoms with E-state index in [2.05, 4.69) is 164 Å². The van der Waals surface area contributed by atoms with Crippen LogP contribution in [-0.4, -0.2) is 0 Å². The van der Waals surface area contributed by atoms with Crippen molar-refractivity contribution >= 4 is 53.9 Å². The highest BCUT2D eigenvalue weighted by Gasteiger charge is 2.18. The lowest BCUT2D eigenvalue weighted by atomic mass is 9.88. The maximum Gasteiger partial charge on any atom is 0.0728 e. The van der Waals surface area contributed by atoms with Crippen LogP contribution >= 0.6 is 0 Å². The van der Waals surface area contributed by atoms with Gasteiger partial charge in [0.1, 0.15) is 0 Å². The second-order valence-corrected chi connectivity index (χ2v) is 12.2. The predicted octanol–water partition coefficient (Wildman–Crippen LogP) is 11.9. The summed E-state index contributed by atoms with van der Waals surface area (Å²) in [4.78, 5) is 0. The number of benzene rings is 8. The molecule has 8 aromatic rings. The lowest BCUT2D eigenvalue weighted by Gasteiger charge is -2.24. The predicted molar refractivity (Wildman–Crippen MR) is 194 cm³/mol. The third kappa shape index (κ3) is 4.16. The Balaban J connectivity index is 1.18. The Hall–Kier alpha value is -5.66. The van der Waals surface area contributed by atoms with Gasteiger partial charge in [0, 0.05) is 0 Å². The highest BCUT2D eigenvalue weighted by molar-refractivity contribution is 6.21. The van der Waals surface area contributed by atoms with E-state index in [1.165, 1.54) is 87.3 Å². The summed E-state index contributed by atoms with van der Waals surface area (Å²) in [7, 11) is 0. The van der Waals surface area contributed by atoms with Crippen LogP contribution in [0.5, 0.6) is 0 Å². The minimum absolute atomic E-state index is 0.188. The molecule has 1 aliphatic rings. The molecule has 0 aliphatic carbocycles. The van der Waals surface area contributed by atoms with Gasteiger partial charge in [-0.15, -0.1) is 0 Å². The van der Waals surface area contributed by atoms with Gasteiger partial charge in [0.05, 0.1) is 6.04 Å². The highest BCUT2D eigenvalue weighted by atomic mass is 14.9. The quantitative estimate of drug-likeness (QED) is 0.207. The monoisotopic (exact) mass is 573 g/mol. The molecule has 0 saturated carbocycles. The Kier molecular flexibility index (Phi) is 5.86. The normalized spacial score (nSPS) is 14.8. The Bertz CT molecular complexity index is 2530. The molecule has 1 heterocycles. The van der Waals surface area contributed by atoms with Gasteiger partial charge in [-0.1, -0.05) is 127 Å². The third-order valence-corrected chi connectivity index (χ3v) is 9.67. The van der Waals surface area contributed by atoms with Crippen molar-refractivity contribution in [3.63, 3.8) is 0 Å². The summed E-state index contributed by atoms with van der Waals surface area (Å²) >= 11 is 0. The SMILES string of the molecule is CC1=CC=CNC1c1ccc(-c2ccc3cc(-c4cc5c6ccccc6ccc5c5ccccc45)ccc3c2)c2ccccc12. The van der Waals surface area contributed by atoms with E-state index in [1.54, 1.807) is 0 Å². The number of fused-ring (bicyclic) bond motifs is 7. The van der Waals surface area contributed by atoms with Crippen LogP contribution in [0.2, 0.25) is 0 Å². The largest absolute Gasteiger partial charge is 0.380 e. The molecule has 1 N–H and O–H groups in total. The lowest BCUT2D eigenvalue weighted by molar-refractivity contribution is 0.708. The van der Waals surface area contributed by atoms with E-state index in [0.29, 0.717) is 0 Å². The van der Waals surface area contributed by atoms with E-state index in [1.807, 2.05) is 6.20 Å². The van der Waals surface area contributed by atoms with Gasteiger partial charge in [0.15, 0.2) is 0 Å². The first-order chi connectivity index (χ1) is 22.2. The van der Waals surface area contributed by atoms with Gasteiger partial charge in [-0.05, 0) is 125 Å². The van der Waals surface area contributed by atoms with Crippen molar-refractivity contribution in [2.45, 2.75) is 13.0 Å². The maximum atomic E-state index is 3.56. The smallest absolute Gasteiger partial charge is 0.0728 e. The molecule has 45 heavy (non-hydrogen) atoms. The second kappa shape index (κ2) is 10.2. The minimum atomic E-state index is 0.188. The molecule has 0 fully saturated rings. The molecule has 1 atom stereocenters. The number of hydrogen-bond acceptors (Lipinski definition) is 1. The van der Waals surface area contributed by atoms with E-state index in [4.69, 9.17) is 0 Å². The first kappa shape index (κ1) is 25.8. The molecule has 0 spiro atoms. The summed E-state index contributed by atoms with van der Waals surface area (Å²) in [5.74, 6) is 0. The highest BCUT2D eigenvalue weighted by Crippen LogP contribution is 2.40. The van der Waals surface area contributed by atoms with Crippen molar-refractivity contribution in [1.82, 2.24) is 5.32 Å². The number of allylic oxidation sites excluding steroid dienone is 2. The lowest BCUT2D eigenvalue weighted by Crippen LogP contribution is -2.19. The van der Waals surface area contributed by atoms with Crippen molar-refractivity contribution < 1.29 is 0 Å². The summed E-state index contributed by atoms with van der Waals surface area (Å²) in [6.07, 6.45) is 6.32. The molecule has 0 aromatic heterocycles. The fraction of sp³-hybridized carbons (Fsp3) is 0.0455. The minimum Gasteiger partial charge on any atom is -0.380 e. The summed E-state index contributed by atoms with van der Waals surface area (Å²) in [5.41, 5.74) is 7.66. The molecule has 8 aromatic carbocycles. The van der Waals surface area contributed by atoms with Crippen LogP contribution in [0.4, 0.5) is 0 Å². The zero-order chi connectivity index (χ0) is 29.9. The fourth-order valence-corrected chi connectivity index (χ4v) is 7.42. The molecule has 0 amide bonds. The summed E-state index contributed by atoms with van der Waals surface area (Å²) in [5, 5.41) is 16.4. The number of hydrogen-bond donors (Lipinski definition) is 1. The van der Waals surface area contributed by atoms with E-state index < -0.39 is 0 Å². The summed E-state index contributed by atoms with van der Waals surface area (Å²) in [6, 6.07) is 51.9. The molecule has 212 valence electrons. The third-order valence-electron chi connectivity index (χ3n) is 9.67. The molecule has 1 heteroatoms. The zero-order valence-electron chi connectivity index (χ0n) is 25.1. The fourth-order valence-electron chi connectivity index (χ4n) is 7.42. The maximum absolute atomic E-state index is 3.56. The van der Waals surface area contributed by atoms with E-state index in [9.17, 15) is 0 Å². The van der Waals surface area contributed by atoms with Gasteiger partial charge >= 0.3 is 0 Å². The Labute approximate surface area is 262 Å². The van der Waals surface area contributed by atoms with Crippen LogP contribution in [0.15, 0.2) is 163 Å². The van der Waals surface area contributed by atoms with Crippen LogP contribution < -0.4 is 5.32 Å². The summed E-state index contributed by atoms with van der Waals surface area (Å²) in [6.45, 7) is 2.20. The standard InChI is InChI=1S/C44H31N/c1-28-9-8-24-45-44(28)41-23-22-35(36-12-4-6-14-38(36)41)32-18-16-31-26-33(19-17-30(31)25-32)42-27-43-34-11-3-2-10-29(34)20-21-40(43)37-13-5-7-15-39(37)42/h2-27,44-45H,1H3. The Morgan fingerprint density at radius 3 is 1.80 bits per heavy atom. The first-order valence-corrected chi connectivity index (χ1v) is 15.7. The number of rotatable bonds is 3. The molecular weight excluding hydrogens is 542 g/mol. The Morgan fingerprint density at radius 2 is 1.04 bits per heavy atom. The zero-order valence-corrected chi connectivity index (χ0v) is 25.1. The Morgan fingerprint density at radius 1 is 0.444 bits per heavy atom. The second-order valence-electron chi connectivity index (χ2n) is 12.2.